The molecular weight excluding hydrogens is 370 g/mol. The summed E-state index contributed by atoms with van der Waals surface area (Å²) in [6.07, 6.45) is 4.40. The van der Waals surface area contributed by atoms with Crippen LogP contribution in [0.25, 0.3) is 10.9 Å². The zero-order valence-corrected chi connectivity index (χ0v) is 15.9. The van der Waals surface area contributed by atoms with E-state index in [-0.39, 0.29) is 11.9 Å². The van der Waals surface area contributed by atoms with Crippen molar-refractivity contribution < 1.29 is 4.79 Å². The number of aromatic nitrogens is 2. The summed E-state index contributed by atoms with van der Waals surface area (Å²) >= 11 is 6.13. The van der Waals surface area contributed by atoms with Crippen LogP contribution in [0.3, 0.4) is 0 Å². The topological polar surface area (TPSA) is 49.0 Å². The molecule has 0 bridgehead atoms. The van der Waals surface area contributed by atoms with Gasteiger partial charge in [-0.15, -0.1) is 0 Å². The maximum Gasteiger partial charge on any atom is 0.254 e. The molecule has 0 aliphatic carbocycles. The minimum absolute atomic E-state index is 0.0272. The van der Waals surface area contributed by atoms with Gasteiger partial charge < -0.3 is 9.88 Å². The van der Waals surface area contributed by atoms with Crippen molar-refractivity contribution in [1.82, 2.24) is 14.9 Å². The van der Waals surface area contributed by atoms with E-state index in [1.807, 2.05) is 41.4 Å². The first-order valence-electron chi connectivity index (χ1n) is 9.28. The van der Waals surface area contributed by atoms with Gasteiger partial charge in [-0.05, 0) is 47.9 Å². The summed E-state index contributed by atoms with van der Waals surface area (Å²) in [6.45, 7) is 0.639. The zero-order chi connectivity index (χ0) is 19.1. The van der Waals surface area contributed by atoms with Crippen LogP contribution in [-0.4, -0.2) is 27.3 Å². The van der Waals surface area contributed by atoms with Crippen molar-refractivity contribution in [2.75, 3.05) is 6.54 Å². The minimum Gasteiger partial charge on any atom is -0.356 e. The molecule has 1 atom stereocenters. The number of carbonyl (C=O) groups is 1. The van der Waals surface area contributed by atoms with Crippen molar-refractivity contribution >= 4 is 28.4 Å². The van der Waals surface area contributed by atoms with Crippen LogP contribution in [0.1, 0.15) is 33.2 Å². The van der Waals surface area contributed by atoms with Crippen molar-refractivity contribution in [3.05, 3.63) is 100 Å². The van der Waals surface area contributed by atoms with Crippen molar-refractivity contribution in [2.24, 2.45) is 0 Å². The van der Waals surface area contributed by atoms with E-state index in [0.29, 0.717) is 17.1 Å². The van der Waals surface area contributed by atoms with Gasteiger partial charge in [0, 0.05) is 46.1 Å². The molecule has 28 heavy (non-hydrogen) atoms. The van der Waals surface area contributed by atoms with Crippen molar-refractivity contribution in [3.8, 4) is 0 Å². The number of amides is 1. The number of H-pyrrole nitrogens is 1. The lowest BCUT2D eigenvalue weighted by atomic mass is 9.92. The average Bonchev–Trinajstić information content (AvgIpc) is 3.12. The van der Waals surface area contributed by atoms with Crippen molar-refractivity contribution in [3.63, 3.8) is 0 Å². The third-order valence-electron chi connectivity index (χ3n) is 5.37. The number of carbonyl (C=O) groups excluding carboxylic acids is 1. The van der Waals surface area contributed by atoms with Gasteiger partial charge in [-0.2, -0.15) is 0 Å². The quantitative estimate of drug-likeness (QED) is 0.526. The number of nitrogens with zero attached hydrogens (tertiary/aromatic N) is 2. The van der Waals surface area contributed by atoms with Crippen LogP contribution in [0.2, 0.25) is 5.02 Å². The number of fused-ring (bicyclic) bond motifs is 3. The number of aromatic amines is 1. The first-order valence-corrected chi connectivity index (χ1v) is 9.66. The fraction of sp³-hybridized carbons (Fsp3) is 0.130. The molecule has 1 N–H and O–H groups in total. The number of halogens is 1. The Hall–Kier alpha value is -3.11. The number of hydrogen-bond acceptors (Lipinski definition) is 2. The third-order valence-corrected chi connectivity index (χ3v) is 5.60. The summed E-state index contributed by atoms with van der Waals surface area (Å²) < 4.78 is 0. The second-order valence-corrected chi connectivity index (χ2v) is 7.45. The summed E-state index contributed by atoms with van der Waals surface area (Å²) in [7, 11) is 0. The molecule has 5 heteroatoms. The number of pyridine rings is 1. The van der Waals surface area contributed by atoms with Crippen LogP contribution >= 0.6 is 11.6 Å². The fourth-order valence-electron chi connectivity index (χ4n) is 4.13. The Morgan fingerprint density at radius 3 is 2.82 bits per heavy atom. The summed E-state index contributed by atoms with van der Waals surface area (Å²) in [4.78, 5) is 23.2. The van der Waals surface area contributed by atoms with E-state index in [1.165, 1.54) is 10.9 Å². The summed E-state index contributed by atoms with van der Waals surface area (Å²) in [5.74, 6) is -0.0272. The van der Waals surface area contributed by atoms with Gasteiger partial charge in [-0.1, -0.05) is 41.9 Å². The van der Waals surface area contributed by atoms with E-state index in [4.69, 9.17) is 11.6 Å². The Bertz CT molecular complexity index is 1170. The maximum absolute atomic E-state index is 13.4. The van der Waals surface area contributed by atoms with Gasteiger partial charge in [0.1, 0.15) is 0 Å². The predicted octanol–water partition coefficient (Wildman–Crippen LogP) is 5.00. The molecule has 4 nitrogen and oxygen atoms in total. The summed E-state index contributed by atoms with van der Waals surface area (Å²) in [5, 5.41) is 1.79. The zero-order valence-electron chi connectivity index (χ0n) is 15.1. The Balaban J connectivity index is 1.66. The van der Waals surface area contributed by atoms with Crippen LogP contribution in [0.5, 0.6) is 0 Å². The van der Waals surface area contributed by atoms with E-state index in [1.54, 1.807) is 18.3 Å². The predicted molar refractivity (Wildman–Crippen MR) is 111 cm³/mol. The van der Waals surface area contributed by atoms with Gasteiger partial charge in [0.05, 0.1) is 6.04 Å². The van der Waals surface area contributed by atoms with Gasteiger partial charge in [-0.25, -0.2) is 0 Å². The fourth-order valence-corrected chi connectivity index (χ4v) is 4.32. The maximum atomic E-state index is 13.4. The van der Waals surface area contributed by atoms with Gasteiger partial charge in [0.25, 0.3) is 5.91 Å². The highest BCUT2D eigenvalue weighted by Crippen LogP contribution is 2.38. The van der Waals surface area contributed by atoms with E-state index in [0.717, 1.165) is 23.2 Å². The standard InChI is InChI=1S/C23H18ClN3O/c24-17-7-3-5-15(13-17)23(28)27-12-10-19-18-8-1-2-9-20(18)26-21(19)22(27)16-6-4-11-25-14-16/h1-9,11,13-14,22,26H,10,12H2. The molecule has 1 aliphatic heterocycles. The summed E-state index contributed by atoms with van der Waals surface area (Å²) in [6, 6.07) is 19.2. The molecule has 0 fully saturated rings. The van der Waals surface area contributed by atoms with E-state index in [2.05, 4.69) is 28.2 Å². The highest BCUT2D eigenvalue weighted by Gasteiger charge is 2.35. The molecule has 0 saturated heterocycles. The number of hydrogen-bond donors (Lipinski definition) is 1. The number of rotatable bonds is 2. The van der Waals surface area contributed by atoms with Crippen LogP contribution in [0, 0.1) is 0 Å². The second kappa shape index (κ2) is 6.80. The Morgan fingerprint density at radius 1 is 1.11 bits per heavy atom. The van der Waals surface area contributed by atoms with Gasteiger partial charge in [0.15, 0.2) is 0 Å². The van der Waals surface area contributed by atoms with Gasteiger partial charge in [0.2, 0.25) is 0 Å². The highest BCUT2D eigenvalue weighted by molar-refractivity contribution is 6.31. The molecule has 4 aromatic rings. The first kappa shape index (κ1) is 17.0. The Morgan fingerprint density at radius 2 is 2.00 bits per heavy atom. The minimum atomic E-state index is -0.212. The number of nitrogens with one attached hydrogen (secondary N) is 1. The van der Waals surface area contributed by atoms with Crippen LogP contribution in [0.15, 0.2) is 73.1 Å². The monoisotopic (exact) mass is 387 g/mol. The second-order valence-electron chi connectivity index (χ2n) is 7.01. The van der Waals surface area contributed by atoms with E-state index >= 15 is 0 Å². The van der Waals surface area contributed by atoms with Crippen LogP contribution < -0.4 is 0 Å². The Labute approximate surface area is 167 Å². The largest absolute Gasteiger partial charge is 0.356 e. The molecule has 1 unspecified atom stereocenters. The Kier molecular flexibility index (Phi) is 4.14. The molecule has 138 valence electrons. The molecule has 2 aromatic heterocycles. The highest BCUT2D eigenvalue weighted by atomic mass is 35.5. The molecule has 1 aliphatic rings. The van der Waals surface area contributed by atoms with Crippen molar-refractivity contribution in [1.29, 1.82) is 0 Å². The third kappa shape index (κ3) is 2.77. The lowest BCUT2D eigenvalue weighted by molar-refractivity contribution is 0.0692. The SMILES string of the molecule is O=C(c1cccc(Cl)c1)N1CCc2c([nH]c3ccccc23)C1c1cccnc1. The van der Waals surface area contributed by atoms with Crippen LogP contribution in [-0.2, 0) is 6.42 Å². The van der Waals surface area contributed by atoms with Gasteiger partial charge >= 0.3 is 0 Å². The first-order chi connectivity index (χ1) is 13.7. The normalized spacial score (nSPS) is 16.2. The van der Waals surface area contributed by atoms with Crippen molar-refractivity contribution in [2.45, 2.75) is 12.5 Å². The average molecular weight is 388 g/mol. The molecule has 0 radical (unpaired) electrons. The van der Waals surface area contributed by atoms with Gasteiger partial charge in [-0.3, -0.25) is 9.78 Å². The number of para-hydroxylation sites is 1. The molecule has 5 rings (SSSR count). The molecule has 0 saturated carbocycles. The molecule has 1 amide bonds. The lowest BCUT2D eigenvalue weighted by Gasteiger charge is -2.36. The van der Waals surface area contributed by atoms with E-state index < -0.39 is 0 Å². The smallest absolute Gasteiger partial charge is 0.254 e. The molecule has 3 heterocycles. The lowest BCUT2D eigenvalue weighted by Crippen LogP contribution is -2.40. The molecule has 0 spiro atoms. The number of benzene rings is 2. The van der Waals surface area contributed by atoms with E-state index in [9.17, 15) is 4.79 Å². The van der Waals surface area contributed by atoms with Crippen LogP contribution in [0.4, 0.5) is 0 Å². The molecular formula is C23H18ClN3O. The molecule has 2 aromatic carbocycles. The summed E-state index contributed by atoms with van der Waals surface area (Å²) in [5.41, 5.74) is 5.03.